The number of carbonyl (C=O) groups excluding carboxylic acids is 1. The van der Waals surface area contributed by atoms with Gasteiger partial charge in [0.05, 0.1) is 5.52 Å². The number of hydrogen-bond acceptors (Lipinski definition) is 4. The molecule has 5 aromatic rings. The topological polar surface area (TPSA) is 68.0 Å². The number of fused-ring (bicyclic) bond motifs is 1. The zero-order valence-electron chi connectivity index (χ0n) is 15.9. The number of carbonyl (C=O) groups is 1. The largest absolute Gasteiger partial charge is 0.420 e. The highest BCUT2D eigenvalue weighted by Crippen LogP contribution is 2.33. The number of anilines is 1. The lowest BCUT2D eigenvalue weighted by Gasteiger charge is -2.05. The molecule has 0 radical (unpaired) electrons. The molecule has 5 rings (SSSR count). The van der Waals surface area contributed by atoms with Gasteiger partial charge in [-0.3, -0.25) is 10.1 Å². The first-order chi connectivity index (χ1) is 14.8. The van der Waals surface area contributed by atoms with Gasteiger partial charge >= 0.3 is 0 Å². The summed E-state index contributed by atoms with van der Waals surface area (Å²) in [5.41, 5.74) is 3.33. The van der Waals surface area contributed by atoms with Crippen LogP contribution in [0.3, 0.4) is 0 Å². The number of oxazole rings is 1. The molecule has 0 aliphatic heterocycles. The van der Waals surface area contributed by atoms with E-state index in [0.29, 0.717) is 23.2 Å². The van der Waals surface area contributed by atoms with Gasteiger partial charge in [0, 0.05) is 16.5 Å². The number of benzene rings is 3. The fourth-order valence-electron chi connectivity index (χ4n) is 3.26. The fourth-order valence-corrected chi connectivity index (χ4v) is 3.26. The van der Waals surface area contributed by atoms with Crippen LogP contribution in [0.15, 0.2) is 101 Å². The van der Waals surface area contributed by atoms with Gasteiger partial charge in [-0.1, -0.05) is 72.8 Å². The average molecular weight is 391 g/mol. The lowest BCUT2D eigenvalue weighted by molar-refractivity contribution is 0.102. The molecule has 30 heavy (non-hydrogen) atoms. The number of amides is 1. The van der Waals surface area contributed by atoms with Gasteiger partial charge in [-0.15, -0.1) is 0 Å². The van der Waals surface area contributed by atoms with Crippen molar-refractivity contribution >= 4 is 22.7 Å². The van der Waals surface area contributed by atoms with Crippen LogP contribution in [0.25, 0.3) is 33.6 Å². The monoisotopic (exact) mass is 391 g/mol. The summed E-state index contributed by atoms with van der Waals surface area (Å²) in [6.07, 6.45) is 0. The van der Waals surface area contributed by atoms with E-state index in [2.05, 4.69) is 15.3 Å². The molecule has 0 atom stereocenters. The van der Waals surface area contributed by atoms with Crippen molar-refractivity contribution in [3.05, 3.63) is 103 Å². The molecule has 2 aromatic heterocycles. The van der Waals surface area contributed by atoms with Gasteiger partial charge in [0.2, 0.25) is 11.8 Å². The van der Waals surface area contributed by atoms with Crippen LogP contribution in [-0.4, -0.2) is 15.9 Å². The van der Waals surface area contributed by atoms with E-state index in [1.165, 1.54) is 0 Å². The Bertz CT molecular complexity index is 1330. The van der Waals surface area contributed by atoms with Crippen molar-refractivity contribution in [3.8, 4) is 22.7 Å². The van der Waals surface area contributed by atoms with Gasteiger partial charge in [0.1, 0.15) is 11.4 Å². The Kier molecular flexibility index (Phi) is 4.54. The number of hydrogen-bond donors (Lipinski definition) is 1. The van der Waals surface area contributed by atoms with Gasteiger partial charge in [-0.05, 0) is 24.3 Å². The van der Waals surface area contributed by atoms with Crippen molar-refractivity contribution < 1.29 is 9.21 Å². The third-order valence-electron chi connectivity index (χ3n) is 4.75. The molecule has 0 saturated carbocycles. The molecule has 0 aliphatic carbocycles. The Morgan fingerprint density at radius 2 is 1.37 bits per heavy atom. The van der Waals surface area contributed by atoms with Crippen molar-refractivity contribution in [2.75, 3.05) is 5.32 Å². The lowest BCUT2D eigenvalue weighted by atomic mass is 10.1. The minimum absolute atomic E-state index is 0.292. The van der Waals surface area contributed by atoms with Crippen LogP contribution in [0.4, 0.5) is 5.88 Å². The SMILES string of the molecule is O=C(Nc1oc(-c2ccccc2)nc1-c1ccccc1)c1ccc2ccccc2n1. The van der Waals surface area contributed by atoms with Crippen LogP contribution < -0.4 is 5.32 Å². The molecule has 0 unspecified atom stereocenters. The Labute approximate surface area is 173 Å². The van der Waals surface area contributed by atoms with Gasteiger partial charge in [0.25, 0.3) is 5.91 Å². The third-order valence-corrected chi connectivity index (χ3v) is 4.75. The molecule has 3 aromatic carbocycles. The van der Waals surface area contributed by atoms with Crippen molar-refractivity contribution in [2.45, 2.75) is 0 Å². The first-order valence-electron chi connectivity index (χ1n) is 9.57. The molecule has 0 aliphatic rings. The summed E-state index contributed by atoms with van der Waals surface area (Å²) in [5, 5.41) is 3.83. The molecule has 0 bridgehead atoms. The zero-order valence-corrected chi connectivity index (χ0v) is 15.9. The zero-order chi connectivity index (χ0) is 20.3. The maximum atomic E-state index is 12.9. The Hall–Kier alpha value is -4.25. The highest BCUT2D eigenvalue weighted by Gasteiger charge is 2.19. The maximum absolute atomic E-state index is 12.9. The molecule has 1 N–H and O–H groups in total. The summed E-state index contributed by atoms with van der Waals surface area (Å²) >= 11 is 0. The second-order valence-corrected chi connectivity index (χ2v) is 6.77. The first kappa shape index (κ1) is 17.8. The normalized spacial score (nSPS) is 10.8. The molecule has 5 heteroatoms. The van der Waals surface area contributed by atoms with Crippen LogP contribution in [-0.2, 0) is 0 Å². The molecular weight excluding hydrogens is 374 g/mol. The van der Waals surface area contributed by atoms with E-state index in [-0.39, 0.29) is 5.91 Å². The molecule has 5 nitrogen and oxygen atoms in total. The molecule has 2 heterocycles. The summed E-state index contributed by atoms with van der Waals surface area (Å²) in [6, 6.07) is 30.5. The van der Waals surface area contributed by atoms with Gasteiger partial charge in [-0.2, -0.15) is 0 Å². The quantitative estimate of drug-likeness (QED) is 0.420. The van der Waals surface area contributed by atoms with Crippen molar-refractivity contribution in [1.29, 1.82) is 0 Å². The van der Waals surface area contributed by atoms with Crippen LogP contribution in [0.5, 0.6) is 0 Å². The van der Waals surface area contributed by atoms with E-state index in [9.17, 15) is 4.79 Å². The van der Waals surface area contributed by atoms with E-state index in [4.69, 9.17) is 4.42 Å². The second kappa shape index (κ2) is 7.64. The average Bonchev–Trinajstić information content (AvgIpc) is 3.23. The van der Waals surface area contributed by atoms with E-state index in [1.54, 1.807) is 6.07 Å². The lowest BCUT2D eigenvalue weighted by Crippen LogP contribution is -2.13. The van der Waals surface area contributed by atoms with E-state index in [0.717, 1.165) is 22.0 Å². The number of pyridine rings is 1. The summed E-state index contributed by atoms with van der Waals surface area (Å²) < 4.78 is 5.96. The number of rotatable bonds is 4. The third kappa shape index (κ3) is 3.44. The number of para-hydroxylation sites is 1. The molecule has 0 spiro atoms. The minimum atomic E-state index is -0.353. The predicted molar refractivity (Wildman–Crippen MR) is 117 cm³/mol. The molecule has 144 valence electrons. The number of aromatic nitrogens is 2. The second-order valence-electron chi connectivity index (χ2n) is 6.77. The number of nitrogens with one attached hydrogen (secondary N) is 1. The highest BCUT2D eigenvalue weighted by atomic mass is 16.4. The van der Waals surface area contributed by atoms with Crippen molar-refractivity contribution in [3.63, 3.8) is 0 Å². The van der Waals surface area contributed by atoms with Crippen LogP contribution >= 0.6 is 0 Å². The first-order valence-corrected chi connectivity index (χ1v) is 9.57. The highest BCUT2D eigenvalue weighted by molar-refractivity contribution is 6.05. The Morgan fingerprint density at radius 3 is 2.13 bits per heavy atom. The molecular formula is C25H17N3O2. The van der Waals surface area contributed by atoms with E-state index >= 15 is 0 Å². The Balaban J connectivity index is 1.53. The van der Waals surface area contributed by atoms with E-state index < -0.39 is 0 Å². The van der Waals surface area contributed by atoms with Crippen LogP contribution in [0.1, 0.15) is 10.5 Å². The van der Waals surface area contributed by atoms with Gasteiger partial charge in [-0.25, -0.2) is 9.97 Å². The van der Waals surface area contributed by atoms with E-state index in [1.807, 2.05) is 91.0 Å². The van der Waals surface area contributed by atoms with Crippen LogP contribution in [0.2, 0.25) is 0 Å². The standard InChI is InChI=1S/C25H17N3O2/c29-23(21-16-15-17-9-7-8-14-20(17)26-21)28-25-22(18-10-3-1-4-11-18)27-24(30-25)19-12-5-2-6-13-19/h1-16H,(H,28,29). The fraction of sp³-hybridized carbons (Fsp3) is 0. The summed E-state index contributed by atoms with van der Waals surface area (Å²) in [4.78, 5) is 22.0. The minimum Gasteiger partial charge on any atom is -0.420 e. The van der Waals surface area contributed by atoms with Crippen molar-refractivity contribution in [1.82, 2.24) is 9.97 Å². The molecule has 0 saturated heterocycles. The van der Waals surface area contributed by atoms with Gasteiger partial charge < -0.3 is 4.42 Å². The maximum Gasteiger partial charge on any atom is 0.276 e. The molecule has 0 fully saturated rings. The van der Waals surface area contributed by atoms with Crippen molar-refractivity contribution in [2.24, 2.45) is 0 Å². The Morgan fingerprint density at radius 1 is 0.700 bits per heavy atom. The molecule has 1 amide bonds. The predicted octanol–water partition coefficient (Wildman–Crippen LogP) is 5.81. The van der Waals surface area contributed by atoms with Gasteiger partial charge in [0.15, 0.2) is 0 Å². The number of nitrogens with zero attached hydrogens (tertiary/aromatic N) is 2. The smallest absolute Gasteiger partial charge is 0.276 e. The van der Waals surface area contributed by atoms with Crippen LogP contribution in [0, 0.1) is 0 Å². The summed E-state index contributed by atoms with van der Waals surface area (Å²) in [6.45, 7) is 0. The summed E-state index contributed by atoms with van der Waals surface area (Å²) in [7, 11) is 0. The summed E-state index contributed by atoms with van der Waals surface area (Å²) in [5.74, 6) is 0.380.